The van der Waals surface area contributed by atoms with Gasteiger partial charge >= 0.3 is 0 Å². The molecule has 4 rings (SSSR count). The monoisotopic (exact) mass is 638 g/mol. The average Bonchev–Trinajstić information content (AvgIpc) is 3.37. The van der Waals surface area contributed by atoms with Crippen molar-refractivity contribution in [2.45, 2.75) is 76.8 Å². The Morgan fingerprint density at radius 2 is 1.61 bits per heavy atom. The predicted molar refractivity (Wildman–Crippen MR) is 172 cm³/mol. The summed E-state index contributed by atoms with van der Waals surface area (Å²) < 4.78 is 48.5. The van der Waals surface area contributed by atoms with Crippen molar-refractivity contribution < 1.29 is 22.3 Å². The Balaban J connectivity index is 1.86. The molecule has 13 heteroatoms. The number of aromatic nitrogens is 6. The van der Waals surface area contributed by atoms with Crippen molar-refractivity contribution in [3.05, 3.63) is 71.8 Å². The highest BCUT2D eigenvalue weighted by molar-refractivity contribution is 7.91. The molecule has 0 radical (unpaired) electrons. The minimum Gasteiger partial charge on any atom is -0.494 e. The maximum absolute atomic E-state index is 14.3. The van der Waals surface area contributed by atoms with Crippen LogP contribution in [-0.4, -0.2) is 65.9 Å². The first kappa shape index (κ1) is 33.2. The number of benzene rings is 1. The Hall–Kier alpha value is -3.68. The number of para-hydroxylation sites is 1. The number of ether oxygens (including phenoxy) is 2. The Bertz CT molecular complexity index is 1700. The second kappa shape index (κ2) is 12.7. The summed E-state index contributed by atoms with van der Waals surface area (Å²) in [4.78, 5) is 13.3. The Labute approximate surface area is 261 Å². The van der Waals surface area contributed by atoms with Gasteiger partial charge in [0.25, 0.3) is 0 Å². The molecule has 0 bridgehead atoms. The molecule has 0 amide bonds. The summed E-state index contributed by atoms with van der Waals surface area (Å²) in [7, 11) is -3.28. The van der Waals surface area contributed by atoms with Crippen LogP contribution in [-0.2, 0) is 20.0 Å². The van der Waals surface area contributed by atoms with Crippen molar-refractivity contribution in [3.8, 4) is 28.6 Å². The smallest absolute Gasteiger partial charge is 0.193 e. The molecule has 1 aromatic carbocycles. The third-order valence-electron chi connectivity index (χ3n) is 8.13. The number of hydrogen-bond acceptors (Lipinski definition) is 10. The molecule has 3 heterocycles. The highest BCUT2D eigenvalue weighted by atomic mass is 32.2. The standard InChI is InChI=1S/C31H42N6O5SSi/c1-20-14-23(17-32-15-20)30-36-35-27(37(30)28-25(40-7)12-11-13-26(28)41-8)19-43(38,39)22(3)29(24-18-33-21(2)16-34-24)42-44(9,10)31(4,5)6/h11-18,22,29H,19H2,1-10H3/t22-,29+/m1/s1. The fourth-order valence-electron chi connectivity index (χ4n) is 4.50. The van der Waals surface area contributed by atoms with Gasteiger partial charge in [0.2, 0.25) is 0 Å². The molecule has 0 spiro atoms. The molecule has 0 unspecified atom stereocenters. The fourth-order valence-corrected chi connectivity index (χ4v) is 7.29. The van der Waals surface area contributed by atoms with Crippen LogP contribution < -0.4 is 9.47 Å². The molecule has 0 aliphatic rings. The molecule has 4 aromatic rings. The molecular weight excluding hydrogens is 597 g/mol. The Morgan fingerprint density at radius 3 is 2.16 bits per heavy atom. The van der Waals surface area contributed by atoms with E-state index in [0.29, 0.717) is 34.3 Å². The van der Waals surface area contributed by atoms with Crippen LogP contribution in [0.2, 0.25) is 18.1 Å². The van der Waals surface area contributed by atoms with Gasteiger partial charge in [-0.25, -0.2) is 8.42 Å². The number of sulfone groups is 1. The summed E-state index contributed by atoms with van der Waals surface area (Å²) in [6.07, 6.45) is 5.78. The molecule has 0 N–H and O–H groups in total. The van der Waals surface area contributed by atoms with Crippen LogP contribution in [0.1, 0.15) is 56.6 Å². The SMILES string of the molecule is COc1cccc(OC)c1-n1c(CS(=O)(=O)[C@H](C)[C@H](O[Si](C)(C)C(C)(C)C)c2cnc(C)cn2)nnc1-c1cncc(C)c1. The molecule has 0 aliphatic heterocycles. The van der Waals surface area contributed by atoms with Gasteiger partial charge in [-0.2, -0.15) is 0 Å². The van der Waals surface area contributed by atoms with E-state index in [9.17, 15) is 8.42 Å². The number of hydrogen-bond donors (Lipinski definition) is 0. The second-order valence-electron chi connectivity index (χ2n) is 12.4. The first-order chi connectivity index (χ1) is 20.6. The van der Waals surface area contributed by atoms with Crippen molar-refractivity contribution in [1.82, 2.24) is 29.7 Å². The van der Waals surface area contributed by atoms with Crippen LogP contribution in [0.3, 0.4) is 0 Å². The minimum absolute atomic E-state index is 0.162. The van der Waals surface area contributed by atoms with Crippen LogP contribution in [0, 0.1) is 13.8 Å². The quantitative estimate of drug-likeness (QED) is 0.185. The van der Waals surface area contributed by atoms with Crippen molar-refractivity contribution >= 4 is 18.2 Å². The summed E-state index contributed by atoms with van der Waals surface area (Å²) in [5.41, 5.74) is 3.26. The summed E-state index contributed by atoms with van der Waals surface area (Å²) in [6.45, 7) is 15.9. The van der Waals surface area contributed by atoms with E-state index >= 15 is 0 Å². The maximum atomic E-state index is 14.3. The molecule has 0 saturated heterocycles. The normalized spacial score (nSPS) is 13.9. The van der Waals surface area contributed by atoms with Gasteiger partial charge in [-0.1, -0.05) is 26.8 Å². The molecule has 44 heavy (non-hydrogen) atoms. The zero-order valence-corrected chi connectivity index (χ0v) is 28.9. The maximum Gasteiger partial charge on any atom is 0.193 e. The first-order valence-corrected chi connectivity index (χ1v) is 19.0. The van der Waals surface area contributed by atoms with E-state index in [4.69, 9.17) is 13.9 Å². The van der Waals surface area contributed by atoms with Gasteiger partial charge in [0.1, 0.15) is 29.0 Å². The largest absolute Gasteiger partial charge is 0.494 e. The third kappa shape index (κ3) is 6.84. The van der Waals surface area contributed by atoms with Gasteiger partial charge in [0.05, 0.1) is 37.1 Å². The van der Waals surface area contributed by atoms with Crippen molar-refractivity contribution in [1.29, 1.82) is 0 Å². The van der Waals surface area contributed by atoms with E-state index in [1.54, 1.807) is 68.7 Å². The molecule has 236 valence electrons. The molecular formula is C31H42N6O5SSi. The molecule has 11 nitrogen and oxygen atoms in total. The van der Waals surface area contributed by atoms with Crippen LogP contribution in [0.5, 0.6) is 11.5 Å². The number of nitrogens with zero attached hydrogens (tertiary/aromatic N) is 6. The van der Waals surface area contributed by atoms with E-state index < -0.39 is 35.3 Å². The van der Waals surface area contributed by atoms with Crippen molar-refractivity contribution in [2.75, 3.05) is 14.2 Å². The van der Waals surface area contributed by atoms with Gasteiger partial charge in [-0.15, -0.1) is 10.2 Å². The lowest BCUT2D eigenvalue weighted by Gasteiger charge is -2.40. The summed E-state index contributed by atoms with van der Waals surface area (Å²) >= 11 is 0. The summed E-state index contributed by atoms with van der Waals surface area (Å²) in [6, 6.07) is 7.26. The summed E-state index contributed by atoms with van der Waals surface area (Å²) in [5, 5.41) is 7.72. The zero-order chi connectivity index (χ0) is 32.4. The molecule has 3 aromatic heterocycles. The highest BCUT2D eigenvalue weighted by Gasteiger charge is 2.44. The van der Waals surface area contributed by atoms with Crippen molar-refractivity contribution in [3.63, 3.8) is 0 Å². The third-order valence-corrected chi connectivity index (χ3v) is 14.6. The topological polar surface area (TPSA) is 131 Å². The van der Waals surface area contributed by atoms with Crippen molar-refractivity contribution in [2.24, 2.45) is 0 Å². The zero-order valence-electron chi connectivity index (χ0n) is 27.1. The second-order valence-corrected chi connectivity index (χ2v) is 19.5. The van der Waals surface area contributed by atoms with Gasteiger partial charge in [-0.3, -0.25) is 19.5 Å². The Kier molecular flexibility index (Phi) is 9.62. The number of pyridine rings is 1. The van der Waals surface area contributed by atoms with E-state index in [-0.39, 0.29) is 10.9 Å². The van der Waals surface area contributed by atoms with Gasteiger partial charge in [0, 0.05) is 24.2 Å². The molecule has 0 aliphatic carbocycles. The molecule has 2 atom stereocenters. The molecule has 0 saturated carbocycles. The lowest BCUT2D eigenvalue weighted by atomic mass is 10.2. The number of aryl methyl sites for hydroxylation is 2. The van der Waals surface area contributed by atoms with Crippen LogP contribution in [0.4, 0.5) is 0 Å². The van der Waals surface area contributed by atoms with Crippen LogP contribution in [0.25, 0.3) is 17.1 Å². The predicted octanol–water partition coefficient (Wildman–Crippen LogP) is 5.82. The highest BCUT2D eigenvalue weighted by Crippen LogP contribution is 2.42. The minimum atomic E-state index is -3.93. The molecule has 0 fully saturated rings. The lowest BCUT2D eigenvalue weighted by Crippen LogP contribution is -2.45. The average molecular weight is 639 g/mol. The summed E-state index contributed by atoms with van der Waals surface area (Å²) in [5.74, 6) is 1.09. The van der Waals surface area contributed by atoms with Gasteiger partial charge in [0.15, 0.2) is 29.8 Å². The first-order valence-electron chi connectivity index (χ1n) is 14.3. The van der Waals surface area contributed by atoms with E-state index in [0.717, 1.165) is 11.3 Å². The van der Waals surface area contributed by atoms with Gasteiger partial charge < -0.3 is 13.9 Å². The fraction of sp³-hybridized carbons (Fsp3) is 0.452. The Morgan fingerprint density at radius 1 is 0.955 bits per heavy atom. The van der Waals surface area contributed by atoms with Crippen LogP contribution in [0.15, 0.2) is 49.1 Å². The van der Waals surface area contributed by atoms with E-state index in [2.05, 4.69) is 59.0 Å². The van der Waals surface area contributed by atoms with E-state index in [1.165, 1.54) is 0 Å². The van der Waals surface area contributed by atoms with Crippen LogP contribution >= 0.6 is 0 Å². The number of rotatable bonds is 11. The number of methoxy groups -OCH3 is 2. The lowest BCUT2D eigenvalue weighted by molar-refractivity contribution is 0.176. The van der Waals surface area contributed by atoms with Gasteiger partial charge in [-0.05, 0) is 62.7 Å². The van der Waals surface area contributed by atoms with E-state index in [1.807, 2.05) is 19.9 Å².